The minimum atomic E-state index is -4.31. The first-order valence-corrected chi connectivity index (χ1v) is 9.86. The molecule has 1 atom stereocenters. The number of esters is 2. The van der Waals surface area contributed by atoms with E-state index in [0.717, 1.165) is 21.3 Å². The number of methoxy groups -OCH3 is 2. The summed E-state index contributed by atoms with van der Waals surface area (Å²) in [5, 5.41) is 0. The van der Waals surface area contributed by atoms with E-state index in [1.54, 1.807) is 20.8 Å². The molecule has 142 valence electrons. The second-order valence-corrected chi connectivity index (χ2v) is 9.44. The molecule has 0 radical (unpaired) electrons. The highest BCUT2D eigenvalue weighted by Gasteiger charge is 2.45. The highest BCUT2D eigenvalue weighted by molar-refractivity contribution is 7.96. The van der Waals surface area contributed by atoms with Gasteiger partial charge in [0.15, 0.2) is 9.81 Å². The predicted molar refractivity (Wildman–Crippen MR) is 94.8 cm³/mol. The molecular weight excluding hydrogens is 392 g/mol. The van der Waals surface area contributed by atoms with Crippen molar-refractivity contribution in [3.05, 3.63) is 20.4 Å². The van der Waals surface area contributed by atoms with Crippen molar-refractivity contribution in [2.45, 2.75) is 26.3 Å². The van der Waals surface area contributed by atoms with E-state index in [0.29, 0.717) is 4.31 Å². The van der Waals surface area contributed by atoms with Crippen LogP contribution in [0.15, 0.2) is 20.4 Å². The quantitative estimate of drug-likeness (QED) is 0.379. The Bertz CT molecular complexity index is 791. The van der Waals surface area contributed by atoms with Gasteiger partial charge in [-0.1, -0.05) is 0 Å². The van der Waals surface area contributed by atoms with Gasteiger partial charge in [0.1, 0.15) is 11.0 Å². The molecule has 0 bridgehead atoms. The fourth-order valence-corrected chi connectivity index (χ4v) is 5.40. The van der Waals surface area contributed by atoms with E-state index >= 15 is 0 Å². The van der Waals surface area contributed by atoms with E-state index in [1.807, 2.05) is 0 Å². The number of likely N-dealkylation sites (N-methyl/N-ethyl adjacent to an activating group) is 1. The molecule has 0 aromatic heterocycles. The van der Waals surface area contributed by atoms with Crippen molar-refractivity contribution in [1.29, 1.82) is 0 Å². The first-order valence-electron chi connectivity index (χ1n) is 6.82. The lowest BCUT2D eigenvalue weighted by Crippen LogP contribution is -2.40. The molecule has 1 heterocycles. The van der Waals surface area contributed by atoms with Crippen LogP contribution >= 0.6 is 12.6 Å². The van der Waals surface area contributed by atoms with Gasteiger partial charge in [0.25, 0.3) is 10.0 Å². The van der Waals surface area contributed by atoms with Crippen LogP contribution in [-0.2, 0) is 40.1 Å². The molecule has 0 fully saturated rings. The Hall–Kier alpha value is -1.37. The van der Waals surface area contributed by atoms with Crippen LogP contribution in [0, 0.1) is 0 Å². The molecule has 1 rings (SSSR count). The van der Waals surface area contributed by atoms with Gasteiger partial charge >= 0.3 is 11.9 Å². The summed E-state index contributed by atoms with van der Waals surface area (Å²) in [6.45, 7) is 5.12. The maximum absolute atomic E-state index is 12.6. The van der Waals surface area contributed by atoms with Crippen LogP contribution in [0.2, 0.25) is 0 Å². The van der Waals surface area contributed by atoms with Crippen LogP contribution in [0.1, 0.15) is 20.8 Å². The van der Waals surface area contributed by atoms with Crippen LogP contribution in [0.3, 0.4) is 0 Å². The highest BCUT2D eigenvalue weighted by atomic mass is 32.2. The monoisotopic (exact) mass is 412 g/mol. The van der Waals surface area contributed by atoms with Gasteiger partial charge < -0.3 is 9.47 Å². The van der Waals surface area contributed by atoms with Gasteiger partial charge in [0.2, 0.25) is 0 Å². The normalized spacial score (nSPS) is 20.4. The first-order chi connectivity index (χ1) is 11.3. The van der Waals surface area contributed by atoms with Gasteiger partial charge in [-0.05, 0) is 20.8 Å². The Morgan fingerprint density at radius 1 is 1.20 bits per heavy atom. The van der Waals surface area contributed by atoms with Crippen molar-refractivity contribution in [2.75, 3.05) is 21.3 Å². The topological polar surface area (TPSA) is 119 Å². The summed E-state index contributed by atoms with van der Waals surface area (Å²) in [5.74, 6) is -2.17. The maximum atomic E-state index is 12.6. The van der Waals surface area contributed by atoms with Gasteiger partial charge in [0.05, 0.1) is 24.8 Å². The van der Waals surface area contributed by atoms with E-state index in [9.17, 15) is 22.2 Å². The molecule has 0 aromatic carbocycles. The zero-order valence-corrected chi connectivity index (χ0v) is 17.1. The predicted octanol–water partition coefficient (Wildman–Crippen LogP) is 0.0124. The number of nitrogens with zero attached hydrogens (tertiary/aromatic N) is 1. The Labute approximate surface area is 154 Å². The number of nitrogens with one attached hydrogen (secondary N) is 1. The molecule has 0 amide bonds. The van der Waals surface area contributed by atoms with E-state index < -0.39 is 48.3 Å². The van der Waals surface area contributed by atoms with Crippen molar-refractivity contribution in [3.8, 4) is 0 Å². The number of hydrogen-bond acceptors (Lipinski definition) is 8. The number of ether oxygens (including phenoxy) is 2. The van der Waals surface area contributed by atoms with Crippen LogP contribution in [0.25, 0.3) is 0 Å². The van der Waals surface area contributed by atoms with Crippen molar-refractivity contribution in [3.63, 3.8) is 0 Å². The average molecular weight is 413 g/mol. The largest absolute Gasteiger partial charge is 0.465 e. The number of sulfonamides is 1. The molecule has 1 N–H and O–H groups in total. The van der Waals surface area contributed by atoms with E-state index in [4.69, 9.17) is 0 Å². The molecule has 9 nitrogen and oxygen atoms in total. The lowest BCUT2D eigenvalue weighted by Gasteiger charge is -2.22. The Morgan fingerprint density at radius 3 is 2.12 bits per heavy atom. The highest BCUT2D eigenvalue weighted by Crippen LogP contribution is 2.39. The summed E-state index contributed by atoms with van der Waals surface area (Å²) in [6.07, 6.45) is 0. The Morgan fingerprint density at radius 2 is 1.72 bits per heavy atom. The van der Waals surface area contributed by atoms with Crippen molar-refractivity contribution < 1.29 is 31.7 Å². The third kappa shape index (κ3) is 4.25. The molecule has 12 heteroatoms. The molecule has 0 saturated carbocycles. The molecular formula is C13H20N2O7S3. The lowest BCUT2D eigenvalue weighted by molar-refractivity contribution is -0.136. The molecule has 1 aliphatic rings. The third-order valence-electron chi connectivity index (χ3n) is 2.91. The molecule has 0 spiro atoms. The minimum Gasteiger partial charge on any atom is -0.465 e. The second-order valence-electron chi connectivity index (χ2n) is 5.93. The van der Waals surface area contributed by atoms with Crippen LogP contribution in [0.4, 0.5) is 0 Å². The third-order valence-corrected chi connectivity index (χ3v) is 6.82. The molecule has 25 heavy (non-hydrogen) atoms. The van der Waals surface area contributed by atoms with Gasteiger partial charge in [-0.15, -0.1) is 12.6 Å². The summed E-state index contributed by atoms with van der Waals surface area (Å²) in [6, 6.07) is 0. The van der Waals surface area contributed by atoms with Crippen molar-refractivity contribution in [2.24, 2.45) is 0 Å². The number of hydrogen-bond donors (Lipinski definition) is 2. The van der Waals surface area contributed by atoms with Crippen molar-refractivity contribution >= 4 is 45.6 Å². The van der Waals surface area contributed by atoms with Crippen LogP contribution in [0.5, 0.6) is 0 Å². The van der Waals surface area contributed by atoms with Crippen LogP contribution < -0.4 is 4.72 Å². The number of carbonyl (C=O) groups is 2. The summed E-state index contributed by atoms with van der Waals surface area (Å²) in [7, 11) is -3.27. The Kier molecular flexibility index (Phi) is 6.48. The molecule has 1 unspecified atom stereocenters. The zero-order chi connectivity index (χ0) is 19.7. The van der Waals surface area contributed by atoms with Crippen LogP contribution in [-0.4, -0.2) is 55.7 Å². The average Bonchev–Trinajstić information content (AvgIpc) is 2.64. The number of thiol groups is 1. The lowest BCUT2D eigenvalue weighted by atomic mass is 10.1. The second kappa shape index (κ2) is 7.48. The number of rotatable bonds is 4. The van der Waals surface area contributed by atoms with Gasteiger partial charge in [-0.25, -0.2) is 26.9 Å². The number of carbonyl (C=O) groups excluding carboxylic acids is 2. The summed E-state index contributed by atoms with van der Waals surface area (Å²) < 4.78 is 49.9. The molecule has 0 aliphatic carbocycles. The Balaban J connectivity index is 3.77. The van der Waals surface area contributed by atoms with Crippen molar-refractivity contribution in [1.82, 2.24) is 9.03 Å². The van der Waals surface area contributed by atoms with Gasteiger partial charge in [-0.3, -0.25) is 4.31 Å². The molecule has 1 aliphatic heterocycles. The summed E-state index contributed by atoms with van der Waals surface area (Å²) in [4.78, 5) is 22.4. The standard InChI is InChI=1S/C13H20N2O7S3/c1-13(2,3)14-24(18)9(11(16)21-5)7-8(23)10(12(17)22-6)25(19,20)15(7)4/h14,23H,1-6H3/b9-7+. The van der Waals surface area contributed by atoms with Gasteiger partial charge in [0, 0.05) is 12.6 Å². The maximum Gasteiger partial charge on any atom is 0.352 e. The summed E-state index contributed by atoms with van der Waals surface area (Å²) >= 11 is 4.06. The SMILES string of the molecule is COC(=O)C1=C(S)/C(=C(/C(=O)OC)S(=O)NC(C)(C)C)N(C)S1(=O)=O. The van der Waals surface area contributed by atoms with E-state index in [-0.39, 0.29) is 10.6 Å². The van der Waals surface area contributed by atoms with E-state index in [2.05, 4.69) is 26.8 Å². The molecule has 0 aromatic rings. The first kappa shape index (κ1) is 21.7. The smallest absolute Gasteiger partial charge is 0.352 e. The molecule has 0 saturated heterocycles. The van der Waals surface area contributed by atoms with E-state index in [1.165, 1.54) is 0 Å². The van der Waals surface area contributed by atoms with Gasteiger partial charge in [-0.2, -0.15) is 0 Å². The minimum absolute atomic E-state index is 0.314. The fraction of sp³-hybridized carbons (Fsp3) is 0.538. The summed E-state index contributed by atoms with van der Waals surface area (Å²) in [5.41, 5.74) is -0.975. The zero-order valence-electron chi connectivity index (χ0n) is 14.6. The fourth-order valence-electron chi connectivity index (χ4n) is 1.86.